The number of carbonyl (C=O) groups is 1. The Labute approximate surface area is 80.1 Å². The minimum atomic E-state index is -0.115. The molecular weight excluding hydrogens is 164 g/mol. The summed E-state index contributed by atoms with van der Waals surface area (Å²) in [6, 6.07) is -0.115. The maximum Gasteiger partial charge on any atom is 0.221 e. The Balaban J connectivity index is 3.68. The number of rotatable bonds is 6. The van der Waals surface area contributed by atoms with Crippen LogP contribution in [-0.4, -0.2) is 18.5 Å². The third-order valence-electron chi connectivity index (χ3n) is 1.72. The van der Waals surface area contributed by atoms with Gasteiger partial charge in [-0.3, -0.25) is 4.79 Å². The lowest BCUT2D eigenvalue weighted by Gasteiger charge is -2.11. The summed E-state index contributed by atoms with van der Waals surface area (Å²) in [6.07, 6.45) is 8.25. The molecule has 0 aliphatic carbocycles. The van der Waals surface area contributed by atoms with Gasteiger partial charge in [-0.05, 0) is 19.4 Å². The van der Waals surface area contributed by atoms with E-state index in [1.165, 1.54) is 0 Å². The van der Waals surface area contributed by atoms with E-state index in [-0.39, 0.29) is 11.9 Å². The van der Waals surface area contributed by atoms with Crippen molar-refractivity contribution in [1.29, 1.82) is 0 Å². The highest BCUT2D eigenvalue weighted by atomic mass is 16.1. The molecule has 0 aromatic carbocycles. The van der Waals surface area contributed by atoms with Gasteiger partial charge in [-0.15, -0.1) is 6.42 Å². The lowest BCUT2D eigenvalue weighted by Crippen LogP contribution is -2.33. The summed E-state index contributed by atoms with van der Waals surface area (Å²) < 4.78 is 0. The lowest BCUT2D eigenvalue weighted by molar-refractivity contribution is -0.121. The Morgan fingerprint density at radius 2 is 2.38 bits per heavy atom. The molecule has 0 saturated heterocycles. The zero-order valence-corrected chi connectivity index (χ0v) is 8.18. The third kappa shape index (κ3) is 6.18. The van der Waals surface area contributed by atoms with Gasteiger partial charge < -0.3 is 11.1 Å². The Hall–Kier alpha value is -1.01. The van der Waals surface area contributed by atoms with Crippen molar-refractivity contribution in [3.8, 4) is 12.3 Å². The molecule has 0 spiro atoms. The van der Waals surface area contributed by atoms with Crippen LogP contribution in [0.5, 0.6) is 0 Å². The zero-order valence-electron chi connectivity index (χ0n) is 8.18. The van der Waals surface area contributed by atoms with E-state index in [1.54, 1.807) is 0 Å². The van der Waals surface area contributed by atoms with Gasteiger partial charge in [0.25, 0.3) is 0 Å². The molecule has 0 aliphatic rings. The van der Waals surface area contributed by atoms with Crippen molar-refractivity contribution in [3.63, 3.8) is 0 Å². The summed E-state index contributed by atoms with van der Waals surface area (Å²) in [7, 11) is 0. The van der Waals surface area contributed by atoms with Gasteiger partial charge >= 0.3 is 0 Å². The predicted molar refractivity (Wildman–Crippen MR) is 54.0 cm³/mol. The summed E-state index contributed by atoms with van der Waals surface area (Å²) in [6.45, 7) is 2.58. The molecule has 0 saturated carbocycles. The molecule has 74 valence electrons. The zero-order chi connectivity index (χ0) is 10.1. The van der Waals surface area contributed by atoms with E-state index in [9.17, 15) is 4.79 Å². The van der Waals surface area contributed by atoms with E-state index in [4.69, 9.17) is 12.2 Å². The van der Waals surface area contributed by atoms with Crippen molar-refractivity contribution in [2.45, 2.75) is 38.6 Å². The first-order chi connectivity index (χ1) is 6.24. The van der Waals surface area contributed by atoms with Crippen molar-refractivity contribution in [1.82, 2.24) is 5.32 Å². The molecule has 1 unspecified atom stereocenters. The first-order valence-electron chi connectivity index (χ1n) is 4.70. The molecule has 0 heterocycles. The van der Waals surface area contributed by atoms with Gasteiger partial charge in [0.15, 0.2) is 0 Å². The fraction of sp³-hybridized carbons (Fsp3) is 0.700. The Kier molecular flexibility index (Phi) is 7.04. The van der Waals surface area contributed by atoms with Crippen LogP contribution in [0.25, 0.3) is 0 Å². The molecule has 0 aliphatic heterocycles. The van der Waals surface area contributed by atoms with E-state index >= 15 is 0 Å². The Morgan fingerprint density at radius 1 is 1.69 bits per heavy atom. The summed E-state index contributed by atoms with van der Waals surface area (Å²) >= 11 is 0. The number of hydrogen-bond donors (Lipinski definition) is 2. The molecule has 0 aromatic rings. The largest absolute Gasteiger partial charge is 0.342 e. The highest BCUT2D eigenvalue weighted by Gasteiger charge is 2.07. The fourth-order valence-corrected chi connectivity index (χ4v) is 1.01. The van der Waals surface area contributed by atoms with E-state index in [0.29, 0.717) is 13.0 Å². The molecule has 0 rings (SSSR count). The molecule has 0 fully saturated rings. The predicted octanol–water partition coefficient (Wildman–Crippen LogP) is 0.643. The second-order valence-corrected chi connectivity index (χ2v) is 2.97. The quantitative estimate of drug-likeness (QED) is 0.592. The molecule has 1 atom stereocenters. The third-order valence-corrected chi connectivity index (χ3v) is 1.72. The first-order valence-corrected chi connectivity index (χ1v) is 4.70. The normalized spacial score (nSPS) is 11.8. The fourth-order valence-electron chi connectivity index (χ4n) is 1.01. The second kappa shape index (κ2) is 7.63. The highest BCUT2D eigenvalue weighted by molar-refractivity contribution is 5.76. The minimum absolute atomic E-state index is 0.00171. The van der Waals surface area contributed by atoms with Gasteiger partial charge in [0.2, 0.25) is 5.91 Å². The van der Waals surface area contributed by atoms with Gasteiger partial charge in [0.05, 0.1) is 6.04 Å². The van der Waals surface area contributed by atoms with E-state index in [2.05, 4.69) is 11.2 Å². The smallest absolute Gasteiger partial charge is 0.221 e. The van der Waals surface area contributed by atoms with Crippen LogP contribution in [0.3, 0.4) is 0 Å². The van der Waals surface area contributed by atoms with Gasteiger partial charge in [0.1, 0.15) is 0 Å². The molecule has 3 nitrogen and oxygen atoms in total. The van der Waals surface area contributed by atoms with Crippen LogP contribution in [0.4, 0.5) is 0 Å². The topological polar surface area (TPSA) is 55.1 Å². The van der Waals surface area contributed by atoms with Crippen molar-refractivity contribution in [2.75, 3.05) is 6.54 Å². The van der Waals surface area contributed by atoms with Crippen molar-refractivity contribution < 1.29 is 4.79 Å². The Bertz CT molecular complexity index is 184. The number of terminal acetylenes is 1. The number of carbonyl (C=O) groups excluding carboxylic acids is 1. The summed E-state index contributed by atoms with van der Waals surface area (Å²) in [5, 5.41) is 2.77. The minimum Gasteiger partial charge on any atom is -0.342 e. The second-order valence-electron chi connectivity index (χ2n) is 2.97. The summed E-state index contributed by atoms with van der Waals surface area (Å²) in [5.41, 5.74) is 5.28. The van der Waals surface area contributed by atoms with Crippen LogP contribution in [0.15, 0.2) is 0 Å². The van der Waals surface area contributed by atoms with Gasteiger partial charge in [-0.2, -0.15) is 0 Å². The van der Waals surface area contributed by atoms with Crippen molar-refractivity contribution in [2.24, 2.45) is 5.73 Å². The number of nitrogens with one attached hydrogen (secondary N) is 1. The van der Waals surface area contributed by atoms with E-state index in [1.807, 2.05) is 6.92 Å². The molecule has 3 N–H and O–H groups in total. The molecule has 13 heavy (non-hydrogen) atoms. The Morgan fingerprint density at radius 3 is 2.85 bits per heavy atom. The van der Waals surface area contributed by atoms with Crippen molar-refractivity contribution in [3.05, 3.63) is 0 Å². The summed E-state index contributed by atoms with van der Waals surface area (Å²) in [5.74, 6) is 2.55. The number of hydrogen-bond acceptors (Lipinski definition) is 2. The molecule has 0 radical (unpaired) electrons. The summed E-state index contributed by atoms with van der Waals surface area (Å²) in [4.78, 5) is 11.2. The van der Waals surface area contributed by atoms with Gasteiger partial charge in [-0.25, -0.2) is 0 Å². The number of nitrogens with two attached hydrogens (primary N) is 1. The first kappa shape index (κ1) is 12.0. The lowest BCUT2D eigenvalue weighted by atomic mass is 10.1. The standard InChI is InChI=1S/C10H18N2O/c1-3-6-9(4-2)12-10(13)7-5-8-11/h2,9H,3,5-8,11H2,1H3,(H,12,13). The molecule has 1 amide bonds. The highest BCUT2D eigenvalue weighted by Crippen LogP contribution is 1.96. The van der Waals surface area contributed by atoms with E-state index in [0.717, 1.165) is 19.3 Å². The van der Waals surface area contributed by atoms with Crippen LogP contribution in [0, 0.1) is 12.3 Å². The van der Waals surface area contributed by atoms with Crippen LogP contribution < -0.4 is 11.1 Å². The number of amides is 1. The van der Waals surface area contributed by atoms with Crippen LogP contribution in [0.2, 0.25) is 0 Å². The average Bonchev–Trinajstić information content (AvgIpc) is 2.14. The monoisotopic (exact) mass is 182 g/mol. The average molecular weight is 182 g/mol. The van der Waals surface area contributed by atoms with Crippen LogP contribution >= 0.6 is 0 Å². The SMILES string of the molecule is C#CC(CCC)NC(=O)CCCN. The molecule has 0 aromatic heterocycles. The maximum atomic E-state index is 11.2. The van der Waals surface area contributed by atoms with Gasteiger partial charge in [0, 0.05) is 6.42 Å². The van der Waals surface area contributed by atoms with Crippen LogP contribution in [0.1, 0.15) is 32.6 Å². The molecule has 3 heteroatoms. The maximum absolute atomic E-state index is 11.2. The van der Waals surface area contributed by atoms with E-state index < -0.39 is 0 Å². The molecule has 0 bridgehead atoms. The molecular formula is C10H18N2O. The van der Waals surface area contributed by atoms with Crippen molar-refractivity contribution >= 4 is 5.91 Å². The van der Waals surface area contributed by atoms with Crippen LogP contribution in [-0.2, 0) is 4.79 Å². The van der Waals surface area contributed by atoms with Gasteiger partial charge in [-0.1, -0.05) is 19.3 Å².